The lowest BCUT2D eigenvalue weighted by Gasteiger charge is -2.18. The summed E-state index contributed by atoms with van der Waals surface area (Å²) in [4.78, 5) is 69.4. The minimum absolute atomic E-state index is 0.00658. The van der Waals surface area contributed by atoms with Crippen molar-refractivity contribution in [1.29, 1.82) is 0 Å². The van der Waals surface area contributed by atoms with Gasteiger partial charge in [-0.05, 0) is 71.5 Å². The van der Waals surface area contributed by atoms with Crippen LogP contribution in [-0.4, -0.2) is 75.8 Å². The molecule has 4 aliphatic heterocycles. The molecule has 0 saturated carbocycles. The van der Waals surface area contributed by atoms with Gasteiger partial charge in [-0.25, -0.2) is 37.5 Å². The van der Waals surface area contributed by atoms with E-state index in [2.05, 4.69) is 35.9 Å². The van der Waals surface area contributed by atoms with Gasteiger partial charge in [-0.15, -0.1) is 0 Å². The molecule has 370 valence electrons. The largest absolute Gasteiger partial charge is 0.497 e. The number of carbonyl (C=O) groups is 4. The molecule has 7 aromatic rings. The van der Waals surface area contributed by atoms with Crippen LogP contribution < -0.4 is 25.4 Å². The first-order valence-electron chi connectivity index (χ1n) is 23.6. The molecule has 0 aliphatic carbocycles. The summed E-state index contributed by atoms with van der Waals surface area (Å²) in [7, 11) is 3.10. The first-order valence-corrected chi connectivity index (χ1v) is 23.6. The van der Waals surface area contributed by atoms with E-state index < -0.39 is 23.3 Å². The fraction of sp³-hybridized carbons (Fsp3) is 0.236. The van der Waals surface area contributed by atoms with E-state index in [0.717, 1.165) is 64.9 Å². The Hall–Kier alpha value is -8.54. The van der Waals surface area contributed by atoms with E-state index in [1.165, 1.54) is 12.1 Å². The molecule has 6 heterocycles. The van der Waals surface area contributed by atoms with Gasteiger partial charge in [-0.3, -0.25) is 19.2 Å². The van der Waals surface area contributed by atoms with Gasteiger partial charge >= 0.3 is 0 Å². The number of ether oxygens (including phenoxy) is 2. The number of rotatable bonds is 12. The van der Waals surface area contributed by atoms with E-state index >= 15 is 0 Å². The van der Waals surface area contributed by atoms with Crippen molar-refractivity contribution in [2.24, 2.45) is 0 Å². The second-order valence-corrected chi connectivity index (χ2v) is 17.9. The summed E-state index contributed by atoms with van der Waals surface area (Å²) in [5.74, 6) is -3.01. The van der Waals surface area contributed by atoms with E-state index in [4.69, 9.17) is 9.47 Å². The summed E-state index contributed by atoms with van der Waals surface area (Å²) in [5, 5.41) is 8.37. The molecule has 2 atom stereocenters. The van der Waals surface area contributed by atoms with Crippen LogP contribution in [0.2, 0.25) is 0 Å². The van der Waals surface area contributed by atoms with Crippen molar-refractivity contribution in [1.82, 2.24) is 40.8 Å². The van der Waals surface area contributed by atoms with Crippen molar-refractivity contribution in [3.63, 3.8) is 0 Å². The third-order valence-electron chi connectivity index (χ3n) is 13.4. The fourth-order valence-corrected chi connectivity index (χ4v) is 9.70. The topological polar surface area (TPSA) is 178 Å². The minimum atomic E-state index is -0.788. The number of carbonyl (C=O) groups excluding carboxylic acids is 4. The van der Waals surface area contributed by atoms with Gasteiger partial charge in [-0.2, -0.15) is 0 Å². The lowest BCUT2D eigenvalue weighted by molar-refractivity contribution is -0.121. The molecule has 0 bridgehead atoms. The van der Waals surface area contributed by atoms with Crippen LogP contribution in [0.15, 0.2) is 103 Å². The molecular formula is C55H46F4N8O6. The summed E-state index contributed by atoms with van der Waals surface area (Å²) in [6.45, 7) is 1.86. The molecule has 3 N–H and O–H groups in total. The number of methoxy groups -OCH3 is 2. The number of nitrogens with one attached hydrogen (secondary N) is 3. The number of hydrogen-bond donors (Lipinski definition) is 3. The van der Waals surface area contributed by atoms with Crippen LogP contribution in [0.4, 0.5) is 17.6 Å². The van der Waals surface area contributed by atoms with Crippen LogP contribution in [0.25, 0.3) is 22.8 Å². The highest BCUT2D eigenvalue weighted by Crippen LogP contribution is 2.35. The Bertz CT molecular complexity index is 3300. The van der Waals surface area contributed by atoms with Crippen LogP contribution in [0, 0.1) is 23.3 Å². The maximum Gasteiger partial charge on any atom is 0.258 e. The first kappa shape index (κ1) is 48.1. The van der Waals surface area contributed by atoms with Gasteiger partial charge in [0.05, 0.1) is 90.7 Å². The lowest BCUT2D eigenvalue weighted by atomic mass is 9.95. The average molecular weight is 991 g/mol. The summed E-state index contributed by atoms with van der Waals surface area (Å²) >= 11 is 0. The van der Waals surface area contributed by atoms with Gasteiger partial charge in [0.2, 0.25) is 11.8 Å². The SMILES string of the molecule is COc1ccc(CN2Cc3nc(-c4c(F)cccc4F)nc(Cc4ccc(C5CCNC5=O)cc4)c3C2=O)c(OC)c1.O=C1NCc2nc(-c3c(F)cccc3F)nc(Cc3ccc(C4CCNC4=O)cc3)c21. The minimum Gasteiger partial charge on any atom is -0.497 e. The van der Waals surface area contributed by atoms with Gasteiger partial charge in [0.1, 0.15) is 34.8 Å². The first-order chi connectivity index (χ1) is 35.4. The van der Waals surface area contributed by atoms with E-state index in [-0.39, 0.29) is 84.3 Å². The Morgan fingerprint density at radius 3 is 1.56 bits per heavy atom. The number of halogens is 4. The number of amides is 4. The quantitative estimate of drug-likeness (QED) is 0.103. The zero-order valence-electron chi connectivity index (χ0n) is 39.5. The maximum atomic E-state index is 14.8. The van der Waals surface area contributed by atoms with E-state index in [1.807, 2.05) is 54.6 Å². The molecule has 2 aromatic heterocycles. The van der Waals surface area contributed by atoms with Gasteiger partial charge in [0.15, 0.2) is 11.6 Å². The van der Waals surface area contributed by atoms with Crippen molar-refractivity contribution < 1.29 is 46.2 Å². The maximum absolute atomic E-state index is 14.8. The Kier molecular flexibility index (Phi) is 13.4. The molecule has 11 rings (SSSR count). The van der Waals surface area contributed by atoms with Crippen molar-refractivity contribution in [2.45, 2.75) is 57.2 Å². The van der Waals surface area contributed by atoms with Crippen LogP contribution in [0.5, 0.6) is 11.5 Å². The molecule has 5 aromatic carbocycles. The summed E-state index contributed by atoms with van der Waals surface area (Å²) in [6, 6.07) is 27.6. The Morgan fingerprint density at radius 2 is 1.08 bits per heavy atom. The molecular weight excluding hydrogens is 945 g/mol. The van der Waals surface area contributed by atoms with Crippen molar-refractivity contribution in [3.8, 4) is 34.3 Å². The third-order valence-corrected chi connectivity index (χ3v) is 13.4. The van der Waals surface area contributed by atoms with Gasteiger partial charge in [-0.1, -0.05) is 60.7 Å². The van der Waals surface area contributed by atoms with Crippen LogP contribution in [0.1, 0.15) is 96.0 Å². The van der Waals surface area contributed by atoms with E-state index in [9.17, 15) is 36.7 Å². The summed E-state index contributed by atoms with van der Waals surface area (Å²) < 4.78 is 69.0. The molecule has 0 radical (unpaired) electrons. The highest BCUT2D eigenvalue weighted by Gasteiger charge is 2.35. The Balaban J connectivity index is 0.000000175. The highest BCUT2D eigenvalue weighted by molar-refractivity contribution is 6.00. The molecule has 0 spiro atoms. The van der Waals surface area contributed by atoms with Crippen molar-refractivity contribution in [3.05, 3.63) is 188 Å². The van der Waals surface area contributed by atoms with Crippen molar-refractivity contribution >= 4 is 23.6 Å². The molecule has 4 aliphatic rings. The van der Waals surface area contributed by atoms with E-state index in [0.29, 0.717) is 64.9 Å². The highest BCUT2D eigenvalue weighted by atomic mass is 19.1. The predicted molar refractivity (Wildman–Crippen MR) is 258 cm³/mol. The van der Waals surface area contributed by atoms with Crippen LogP contribution in [-0.2, 0) is 42.1 Å². The van der Waals surface area contributed by atoms with Gasteiger partial charge in [0, 0.05) is 37.6 Å². The Morgan fingerprint density at radius 1 is 0.575 bits per heavy atom. The fourth-order valence-electron chi connectivity index (χ4n) is 9.70. The number of nitrogens with zero attached hydrogens (tertiary/aromatic N) is 5. The molecule has 18 heteroatoms. The molecule has 14 nitrogen and oxygen atoms in total. The molecule has 4 amide bonds. The standard InChI is InChI=1S/C32H28F2N4O4.C23H18F2N4O2/c1-41-21-11-10-20(27(15-21)42-2)16-38-17-26-29(32(38)40)25(36-30(37-26)28-23(33)4-3-5-24(28)34)14-18-6-8-19(9-7-18)22-12-13-35-31(22)39;24-15-2-1-3-16(25)19(15)21-28-17(20-18(29-21)11-27-23(20)31)10-12-4-6-13(7-5-12)14-8-9-26-22(14)30/h3-11,15,22H,12-14,16-17H2,1-2H3,(H,35,39);1-7,14H,8-11H2,(H,26,30)(H,27,31). The normalized spacial score (nSPS) is 16.6. The number of fused-ring (bicyclic) bond motifs is 2. The average Bonchev–Trinajstić information content (AvgIpc) is 4.19. The molecule has 2 fully saturated rings. The predicted octanol–water partition coefficient (Wildman–Crippen LogP) is 7.65. The molecule has 73 heavy (non-hydrogen) atoms. The number of aromatic nitrogens is 4. The molecule has 2 saturated heterocycles. The lowest BCUT2D eigenvalue weighted by Crippen LogP contribution is -2.24. The second-order valence-electron chi connectivity index (χ2n) is 17.9. The van der Waals surface area contributed by atoms with Crippen LogP contribution in [0.3, 0.4) is 0 Å². The van der Waals surface area contributed by atoms with E-state index in [1.54, 1.807) is 31.3 Å². The van der Waals surface area contributed by atoms with Gasteiger partial charge in [0.25, 0.3) is 11.8 Å². The van der Waals surface area contributed by atoms with Crippen LogP contribution >= 0.6 is 0 Å². The third kappa shape index (κ3) is 9.67. The summed E-state index contributed by atoms with van der Waals surface area (Å²) in [5.41, 5.74) is 5.92. The van der Waals surface area contributed by atoms with Crippen molar-refractivity contribution in [2.75, 3.05) is 27.3 Å². The zero-order chi connectivity index (χ0) is 50.9. The second kappa shape index (κ2) is 20.3. The summed E-state index contributed by atoms with van der Waals surface area (Å²) in [6.07, 6.45) is 2.02. The number of benzene rings is 5. The van der Waals surface area contributed by atoms with Gasteiger partial charge < -0.3 is 30.3 Å². The number of hydrogen-bond acceptors (Lipinski definition) is 10. The smallest absolute Gasteiger partial charge is 0.258 e. The Labute approximate surface area is 416 Å². The monoisotopic (exact) mass is 990 g/mol. The zero-order valence-corrected chi connectivity index (χ0v) is 39.5. The molecule has 2 unspecified atom stereocenters.